The minimum absolute atomic E-state index is 0.380. The van der Waals surface area contributed by atoms with Crippen LogP contribution in [0.15, 0.2) is 54.6 Å². The second kappa shape index (κ2) is 6.09. The van der Waals surface area contributed by atoms with Crippen LogP contribution in [0.5, 0.6) is 0 Å². The minimum atomic E-state index is -4.72. The lowest BCUT2D eigenvalue weighted by molar-refractivity contribution is 0.408. The van der Waals surface area contributed by atoms with Crippen LogP contribution in [0.25, 0.3) is 32.3 Å². The van der Waals surface area contributed by atoms with Gasteiger partial charge in [0.2, 0.25) is 0 Å². The molecule has 0 radical (unpaired) electrons. The maximum Gasteiger partial charge on any atom is 0.372 e. The van der Waals surface area contributed by atoms with Crippen LogP contribution in [0.4, 0.5) is 4.20 Å². The molecule has 0 saturated heterocycles. The molecule has 25 heavy (non-hydrogen) atoms. The van der Waals surface area contributed by atoms with E-state index in [1.807, 2.05) is 37.3 Å². The molecule has 0 bridgehead atoms. The number of halogens is 1. The highest BCUT2D eigenvalue weighted by Crippen LogP contribution is 2.60. The highest BCUT2D eigenvalue weighted by molar-refractivity contribution is 7.52. The van der Waals surface area contributed by atoms with E-state index in [2.05, 4.69) is 24.3 Å². The number of hydrogen-bond donors (Lipinski definition) is 1. The summed E-state index contributed by atoms with van der Waals surface area (Å²) in [7, 11) is -4.72. The van der Waals surface area contributed by atoms with Crippen molar-refractivity contribution in [3.8, 4) is 0 Å². The second-order valence-corrected chi connectivity index (χ2v) is 8.43. The predicted octanol–water partition coefficient (Wildman–Crippen LogP) is 6.97. The van der Waals surface area contributed by atoms with E-state index in [1.165, 1.54) is 0 Å². The predicted molar refractivity (Wildman–Crippen MR) is 103 cm³/mol. The van der Waals surface area contributed by atoms with Gasteiger partial charge in [0.25, 0.3) is 0 Å². The Labute approximate surface area is 146 Å². The van der Waals surface area contributed by atoms with E-state index in [0.29, 0.717) is 12.0 Å². The van der Waals surface area contributed by atoms with E-state index in [1.54, 1.807) is 0 Å². The van der Waals surface area contributed by atoms with Crippen molar-refractivity contribution in [1.29, 1.82) is 0 Å². The van der Waals surface area contributed by atoms with Gasteiger partial charge in [0.1, 0.15) is 0 Å². The lowest BCUT2D eigenvalue weighted by Crippen LogP contribution is -2.00. The van der Waals surface area contributed by atoms with Gasteiger partial charge in [0, 0.05) is 0 Å². The summed E-state index contributed by atoms with van der Waals surface area (Å²) < 4.78 is 26.2. The van der Waals surface area contributed by atoms with E-state index in [0.717, 1.165) is 45.2 Å². The van der Waals surface area contributed by atoms with Crippen molar-refractivity contribution in [2.75, 3.05) is 0 Å². The Hall–Kier alpha value is -1.96. The molecule has 2 unspecified atom stereocenters. The second-order valence-electron chi connectivity index (χ2n) is 6.71. The zero-order valence-corrected chi connectivity index (χ0v) is 15.0. The van der Waals surface area contributed by atoms with Gasteiger partial charge < -0.3 is 4.89 Å². The van der Waals surface area contributed by atoms with Gasteiger partial charge >= 0.3 is 7.68 Å². The molecule has 0 aliphatic carbocycles. The average molecular weight is 354 g/mol. The zero-order valence-electron chi connectivity index (χ0n) is 14.1. The van der Waals surface area contributed by atoms with Crippen LogP contribution in [-0.4, -0.2) is 4.89 Å². The van der Waals surface area contributed by atoms with Crippen LogP contribution >= 0.6 is 7.68 Å². The Bertz CT molecular complexity index is 1080. The summed E-state index contributed by atoms with van der Waals surface area (Å²) in [5, 5.41) is 6.41. The summed E-state index contributed by atoms with van der Waals surface area (Å²) in [6.45, 7) is 2.00. The molecule has 2 atom stereocenters. The van der Waals surface area contributed by atoms with Crippen LogP contribution in [0.2, 0.25) is 0 Å². The summed E-state index contributed by atoms with van der Waals surface area (Å²) in [5.41, 5.74) is -0.315. The van der Waals surface area contributed by atoms with Gasteiger partial charge in [0.15, 0.2) is 0 Å². The summed E-state index contributed by atoms with van der Waals surface area (Å²) >= 11 is 0. The van der Waals surface area contributed by atoms with E-state index < -0.39 is 13.3 Å². The SMILES string of the molecule is CCCCC(c1ccc2ccc3cccc4ccc1c2c34)P(=O)(O)F. The van der Waals surface area contributed by atoms with Gasteiger partial charge in [-0.15, -0.1) is 0 Å². The maximum atomic E-state index is 14.2. The summed E-state index contributed by atoms with van der Waals surface area (Å²) in [6, 6.07) is 18.1. The largest absolute Gasteiger partial charge is 0.372 e. The third kappa shape index (κ3) is 2.72. The quantitative estimate of drug-likeness (QED) is 0.310. The molecule has 4 heteroatoms. The lowest BCUT2D eigenvalue weighted by Gasteiger charge is -2.21. The Morgan fingerprint density at radius 1 is 0.960 bits per heavy atom. The van der Waals surface area contributed by atoms with E-state index in [4.69, 9.17) is 0 Å². The molecule has 0 saturated carbocycles. The smallest absolute Gasteiger partial charge is 0.321 e. The van der Waals surface area contributed by atoms with Crippen LogP contribution in [-0.2, 0) is 4.57 Å². The molecule has 0 aliphatic rings. The Morgan fingerprint density at radius 2 is 1.56 bits per heavy atom. The summed E-state index contributed by atoms with van der Waals surface area (Å²) in [5.74, 6) is 0. The molecule has 0 amide bonds. The van der Waals surface area contributed by atoms with Crippen LogP contribution < -0.4 is 0 Å². The first-order valence-electron chi connectivity index (χ1n) is 8.69. The summed E-state index contributed by atoms with van der Waals surface area (Å²) in [4.78, 5) is 9.74. The summed E-state index contributed by atoms with van der Waals surface area (Å²) in [6.07, 6.45) is 1.97. The first kappa shape index (κ1) is 16.5. The van der Waals surface area contributed by atoms with Crippen molar-refractivity contribution in [3.63, 3.8) is 0 Å². The highest BCUT2D eigenvalue weighted by Gasteiger charge is 2.33. The molecule has 2 nitrogen and oxygen atoms in total. The monoisotopic (exact) mass is 354 g/mol. The van der Waals surface area contributed by atoms with E-state index in [9.17, 15) is 13.7 Å². The van der Waals surface area contributed by atoms with Crippen LogP contribution in [0.1, 0.15) is 37.4 Å². The van der Waals surface area contributed by atoms with Gasteiger partial charge in [-0.3, -0.25) is 4.57 Å². The van der Waals surface area contributed by atoms with E-state index in [-0.39, 0.29) is 0 Å². The standard InChI is InChI=1S/C21H20FO2P/c1-2-3-7-19(25(22,23)24)17-12-10-16-9-8-14-5-4-6-15-11-13-18(17)21(16)20(14)15/h4-6,8-13,19H,2-3,7H2,1H3,(H,23,24). The van der Waals surface area contributed by atoms with Gasteiger partial charge in [-0.25, -0.2) is 0 Å². The van der Waals surface area contributed by atoms with Gasteiger partial charge in [-0.05, 0) is 44.3 Å². The van der Waals surface area contributed by atoms with Crippen molar-refractivity contribution in [3.05, 3.63) is 60.2 Å². The molecule has 0 aliphatic heterocycles. The van der Waals surface area contributed by atoms with Crippen molar-refractivity contribution in [1.82, 2.24) is 0 Å². The fourth-order valence-electron chi connectivity index (χ4n) is 3.93. The number of hydrogen-bond acceptors (Lipinski definition) is 1. The first-order chi connectivity index (χ1) is 12.0. The van der Waals surface area contributed by atoms with Crippen molar-refractivity contribution in [2.45, 2.75) is 31.8 Å². The third-order valence-electron chi connectivity index (χ3n) is 5.14. The minimum Gasteiger partial charge on any atom is -0.321 e. The Balaban J connectivity index is 2.06. The Kier molecular flexibility index (Phi) is 4.02. The molecule has 0 spiro atoms. The first-order valence-corrected chi connectivity index (χ1v) is 10.3. The molecule has 0 aromatic heterocycles. The average Bonchev–Trinajstić information content (AvgIpc) is 2.59. The topological polar surface area (TPSA) is 37.3 Å². The maximum absolute atomic E-state index is 14.2. The molecule has 4 aromatic rings. The normalized spacial score (nSPS) is 15.8. The lowest BCUT2D eigenvalue weighted by atomic mass is 9.90. The number of benzene rings is 4. The molecule has 4 rings (SSSR count). The molecule has 1 N–H and O–H groups in total. The van der Waals surface area contributed by atoms with Crippen molar-refractivity contribution < 1.29 is 13.7 Å². The molecule has 128 valence electrons. The number of unbranched alkanes of at least 4 members (excludes halogenated alkanes) is 1. The van der Waals surface area contributed by atoms with Crippen molar-refractivity contribution in [2.24, 2.45) is 0 Å². The highest BCUT2D eigenvalue weighted by atomic mass is 31.2. The van der Waals surface area contributed by atoms with Crippen LogP contribution in [0, 0.1) is 0 Å². The zero-order chi connectivity index (χ0) is 17.6. The van der Waals surface area contributed by atoms with Crippen molar-refractivity contribution >= 4 is 40.0 Å². The fourth-order valence-corrected chi connectivity index (χ4v) is 5.00. The molecule has 0 heterocycles. The molecule has 4 aromatic carbocycles. The van der Waals surface area contributed by atoms with Crippen LogP contribution in [0.3, 0.4) is 0 Å². The molecular weight excluding hydrogens is 334 g/mol. The molecular formula is C21H20FO2P. The number of rotatable bonds is 5. The van der Waals surface area contributed by atoms with Gasteiger partial charge in [-0.2, -0.15) is 4.20 Å². The fraction of sp³-hybridized carbons (Fsp3) is 0.238. The third-order valence-corrected chi connectivity index (χ3v) is 6.44. The molecule has 0 fully saturated rings. The van der Waals surface area contributed by atoms with E-state index >= 15 is 0 Å². The van der Waals surface area contributed by atoms with Gasteiger partial charge in [-0.1, -0.05) is 74.4 Å². The Morgan fingerprint density at radius 3 is 2.20 bits per heavy atom. The van der Waals surface area contributed by atoms with Gasteiger partial charge in [0.05, 0.1) is 5.66 Å².